The molecule has 0 radical (unpaired) electrons. The molecule has 0 spiro atoms. The third-order valence-corrected chi connectivity index (χ3v) is 5.99. The van der Waals surface area contributed by atoms with Gasteiger partial charge in [0, 0.05) is 61.1 Å². The molecular weight excluding hydrogens is 382 g/mol. The number of carbonyl (C=O) groups is 1. The number of fused-ring (bicyclic) bond motifs is 1. The van der Waals surface area contributed by atoms with Crippen molar-refractivity contribution < 1.29 is 4.79 Å². The summed E-state index contributed by atoms with van der Waals surface area (Å²) in [7, 11) is 0. The minimum absolute atomic E-state index is 0.0486. The normalized spacial score (nSPS) is 14.3. The molecule has 144 valence electrons. The number of thiazole rings is 1. The molecule has 0 aliphatic carbocycles. The monoisotopic (exact) mass is 401 g/mol. The molecule has 3 aromatic heterocycles. The van der Waals surface area contributed by atoms with Crippen LogP contribution in [0.25, 0.3) is 22.2 Å². The molecule has 1 amide bonds. The molecule has 1 aromatic carbocycles. The van der Waals surface area contributed by atoms with E-state index < -0.39 is 0 Å². The first kappa shape index (κ1) is 17.8. The highest BCUT2D eigenvalue weighted by Gasteiger charge is 2.25. The number of amides is 1. The van der Waals surface area contributed by atoms with E-state index >= 15 is 0 Å². The van der Waals surface area contributed by atoms with E-state index in [-0.39, 0.29) is 5.91 Å². The zero-order valence-corrected chi connectivity index (χ0v) is 16.5. The molecule has 4 aromatic rings. The van der Waals surface area contributed by atoms with Crippen LogP contribution in [-0.2, 0) is 0 Å². The minimum Gasteiger partial charge on any atom is -0.345 e. The maximum absolute atomic E-state index is 13.4. The van der Waals surface area contributed by atoms with Crippen LogP contribution < -0.4 is 4.90 Å². The summed E-state index contributed by atoms with van der Waals surface area (Å²) >= 11 is 1.63. The van der Waals surface area contributed by atoms with E-state index in [2.05, 4.69) is 14.9 Å². The largest absolute Gasteiger partial charge is 0.345 e. The zero-order chi connectivity index (χ0) is 19.6. The minimum atomic E-state index is 0.0486. The lowest BCUT2D eigenvalue weighted by molar-refractivity contribution is 0.0748. The highest BCUT2D eigenvalue weighted by Crippen LogP contribution is 2.26. The van der Waals surface area contributed by atoms with E-state index in [0.717, 1.165) is 40.4 Å². The number of anilines is 1. The molecule has 0 atom stereocenters. The summed E-state index contributed by atoms with van der Waals surface area (Å²) < 4.78 is 0. The number of nitrogens with zero attached hydrogens (tertiary/aromatic N) is 5. The number of benzene rings is 1. The molecule has 1 aliphatic rings. The second-order valence-electron chi connectivity index (χ2n) is 6.91. The lowest BCUT2D eigenvalue weighted by Gasteiger charge is -2.34. The maximum atomic E-state index is 13.4. The van der Waals surface area contributed by atoms with Crippen molar-refractivity contribution in [3.05, 3.63) is 72.0 Å². The van der Waals surface area contributed by atoms with Crippen molar-refractivity contribution in [2.45, 2.75) is 0 Å². The van der Waals surface area contributed by atoms with Crippen LogP contribution in [0.15, 0.2) is 66.4 Å². The Morgan fingerprint density at radius 3 is 2.62 bits per heavy atom. The lowest BCUT2D eigenvalue weighted by Crippen LogP contribution is -2.48. The smallest absolute Gasteiger partial charge is 0.254 e. The highest BCUT2D eigenvalue weighted by atomic mass is 32.1. The Kier molecular flexibility index (Phi) is 4.65. The Bertz CT molecular complexity index is 1140. The van der Waals surface area contributed by atoms with Crippen LogP contribution in [-0.4, -0.2) is 51.9 Å². The number of carbonyl (C=O) groups excluding carboxylic acids is 1. The first-order valence-corrected chi connectivity index (χ1v) is 10.4. The molecule has 6 nitrogen and oxygen atoms in total. The number of rotatable bonds is 3. The van der Waals surface area contributed by atoms with Gasteiger partial charge in [-0.3, -0.25) is 9.78 Å². The number of hydrogen-bond acceptors (Lipinski definition) is 6. The van der Waals surface area contributed by atoms with E-state index in [9.17, 15) is 4.79 Å². The second-order valence-corrected chi connectivity index (χ2v) is 7.78. The van der Waals surface area contributed by atoms with Crippen molar-refractivity contribution in [3.63, 3.8) is 0 Å². The van der Waals surface area contributed by atoms with Gasteiger partial charge < -0.3 is 9.80 Å². The fourth-order valence-electron chi connectivity index (χ4n) is 3.66. The van der Waals surface area contributed by atoms with E-state index in [1.165, 1.54) is 0 Å². The molecule has 29 heavy (non-hydrogen) atoms. The standard InChI is InChI=1S/C22H19N5OS/c28-21(26-9-11-27(12-10-26)22-24-8-13-29-22)18-14-20(16-4-3-7-23-15-16)25-19-6-2-1-5-17(18)19/h1-8,13-15H,9-12H2. The Hall–Kier alpha value is -3.32. The molecule has 1 fully saturated rings. The third kappa shape index (κ3) is 3.45. The van der Waals surface area contributed by atoms with E-state index in [4.69, 9.17) is 4.98 Å². The van der Waals surface area contributed by atoms with Gasteiger partial charge in [-0.05, 0) is 24.3 Å². The SMILES string of the molecule is O=C(c1cc(-c2cccnc2)nc2ccccc12)N1CCN(c2nccs2)CC1. The van der Waals surface area contributed by atoms with Crippen LogP contribution in [0.3, 0.4) is 0 Å². The number of para-hydroxylation sites is 1. The molecule has 1 saturated heterocycles. The molecule has 4 heterocycles. The molecule has 0 bridgehead atoms. The molecular formula is C22H19N5OS. The number of pyridine rings is 2. The van der Waals surface area contributed by atoms with Crippen molar-refractivity contribution in [3.8, 4) is 11.3 Å². The third-order valence-electron chi connectivity index (χ3n) is 5.16. The van der Waals surface area contributed by atoms with Crippen LogP contribution >= 0.6 is 11.3 Å². The fraction of sp³-hybridized carbons (Fsp3) is 0.182. The summed E-state index contributed by atoms with van der Waals surface area (Å²) in [6, 6.07) is 13.6. The lowest BCUT2D eigenvalue weighted by atomic mass is 10.0. The van der Waals surface area contributed by atoms with Crippen LogP contribution in [0.2, 0.25) is 0 Å². The highest BCUT2D eigenvalue weighted by molar-refractivity contribution is 7.13. The van der Waals surface area contributed by atoms with E-state index in [1.54, 1.807) is 23.7 Å². The van der Waals surface area contributed by atoms with Gasteiger partial charge in [0.05, 0.1) is 16.8 Å². The van der Waals surface area contributed by atoms with Gasteiger partial charge in [0.25, 0.3) is 5.91 Å². The van der Waals surface area contributed by atoms with E-state index in [1.807, 2.05) is 58.9 Å². The van der Waals surface area contributed by atoms with Crippen LogP contribution in [0.5, 0.6) is 0 Å². The number of aromatic nitrogens is 3. The first-order chi connectivity index (χ1) is 14.3. The summed E-state index contributed by atoms with van der Waals surface area (Å²) in [5.41, 5.74) is 3.18. The molecule has 0 unspecified atom stereocenters. The number of piperazine rings is 1. The second kappa shape index (κ2) is 7.60. The van der Waals surface area contributed by atoms with E-state index in [0.29, 0.717) is 18.7 Å². The Labute approximate surface area is 172 Å². The summed E-state index contributed by atoms with van der Waals surface area (Å²) in [4.78, 5) is 30.9. The summed E-state index contributed by atoms with van der Waals surface area (Å²) in [5, 5.41) is 3.88. The Morgan fingerprint density at radius 2 is 1.86 bits per heavy atom. The van der Waals surface area contributed by atoms with Crippen molar-refractivity contribution in [2.24, 2.45) is 0 Å². The molecule has 0 saturated carbocycles. The Morgan fingerprint density at radius 1 is 1.00 bits per heavy atom. The average Bonchev–Trinajstić information content (AvgIpc) is 3.34. The maximum Gasteiger partial charge on any atom is 0.254 e. The van der Waals surface area contributed by atoms with Crippen LogP contribution in [0, 0.1) is 0 Å². The van der Waals surface area contributed by atoms with Gasteiger partial charge in [0.1, 0.15) is 0 Å². The van der Waals surface area contributed by atoms with Crippen LogP contribution in [0.4, 0.5) is 5.13 Å². The summed E-state index contributed by atoms with van der Waals surface area (Å²) in [5.74, 6) is 0.0486. The van der Waals surface area contributed by atoms with Gasteiger partial charge in [-0.2, -0.15) is 0 Å². The quantitative estimate of drug-likeness (QED) is 0.524. The van der Waals surface area contributed by atoms with Crippen molar-refractivity contribution >= 4 is 33.3 Å². The van der Waals surface area contributed by atoms with Gasteiger partial charge in [-0.25, -0.2) is 9.97 Å². The van der Waals surface area contributed by atoms with Crippen molar-refractivity contribution in [1.82, 2.24) is 19.9 Å². The van der Waals surface area contributed by atoms with Gasteiger partial charge in [0.2, 0.25) is 0 Å². The molecule has 5 rings (SSSR count). The molecule has 1 aliphatic heterocycles. The zero-order valence-electron chi connectivity index (χ0n) is 15.7. The first-order valence-electron chi connectivity index (χ1n) is 9.53. The molecule has 7 heteroatoms. The van der Waals surface area contributed by atoms with Gasteiger partial charge in [0.15, 0.2) is 5.13 Å². The average molecular weight is 401 g/mol. The van der Waals surface area contributed by atoms with Crippen molar-refractivity contribution in [2.75, 3.05) is 31.1 Å². The predicted octanol–water partition coefficient (Wildman–Crippen LogP) is 3.72. The number of hydrogen-bond donors (Lipinski definition) is 0. The van der Waals surface area contributed by atoms with Gasteiger partial charge in [-0.1, -0.05) is 18.2 Å². The van der Waals surface area contributed by atoms with Gasteiger partial charge in [-0.15, -0.1) is 11.3 Å². The predicted molar refractivity (Wildman–Crippen MR) is 115 cm³/mol. The molecule has 0 N–H and O–H groups in total. The summed E-state index contributed by atoms with van der Waals surface area (Å²) in [6.07, 6.45) is 5.33. The topological polar surface area (TPSA) is 62.2 Å². The van der Waals surface area contributed by atoms with Crippen molar-refractivity contribution in [1.29, 1.82) is 0 Å². The summed E-state index contributed by atoms with van der Waals surface area (Å²) in [6.45, 7) is 2.93. The van der Waals surface area contributed by atoms with Crippen LogP contribution in [0.1, 0.15) is 10.4 Å². The fourth-order valence-corrected chi connectivity index (χ4v) is 4.35. The van der Waals surface area contributed by atoms with Gasteiger partial charge >= 0.3 is 0 Å². The Balaban J connectivity index is 1.47.